The van der Waals surface area contributed by atoms with Crippen molar-refractivity contribution in [1.29, 1.82) is 5.26 Å². The van der Waals surface area contributed by atoms with Crippen molar-refractivity contribution in [3.8, 4) is 6.07 Å². The molecule has 1 amide bonds. The third-order valence-electron chi connectivity index (χ3n) is 3.27. The van der Waals surface area contributed by atoms with E-state index in [1.165, 1.54) is 5.38 Å². The van der Waals surface area contributed by atoms with Crippen molar-refractivity contribution in [2.75, 3.05) is 0 Å². The van der Waals surface area contributed by atoms with Crippen LogP contribution in [0.25, 0.3) is 10.9 Å². The Morgan fingerprint density at radius 3 is 2.65 bits per heavy atom. The van der Waals surface area contributed by atoms with E-state index in [0.717, 1.165) is 16.7 Å². The zero-order valence-corrected chi connectivity index (χ0v) is 12.6. The van der Waals surface area contributed by atoms with E-state index < -0.39 is 17.6 Å². The van der Waals surface area contributed by atoms with Crippen LogP contribution in [0.1, 0.15) is 31.9 Å². The fourth-order valence-electron chi connectivity index (χ4n) is 2.15. The number of pyridine rings is 1. The number of rotatable bonds is 4. The molecule has 1 aromatic carbocycles. The van der Waals surface area contributed by atoms with Crippen molar-refractivity contribution in [1.82, 2.24) is 9.97 Å². The lowest BCUT2D eigenvalue weighted by atomic mass is 9.98. The van der Waals surface area contributed by atoms with Crippen LogP contribution >= 0.6 is 11.3 Å². The molecule has 2 heterocycles. The second kappa shape index (κ2) is 5.94. The molecule has 7 heteroatoms. The Morgan fingerprint density at radius 2 is 1.96 bits per heavy atom. The smallest absolute Gasteiger partial charge is 0.277 e. The molecule has 0 aliphatic heterocycles. The van der Waals surface area contributed by atoms with E-state index >= 15 is 0 Å². The topological polar surface area (TPSA) is 110 Å². The minimum absolute atomic E-state index is 0.0384. The predicted octanol–water partition coefficient (Wildman–Crippen LogP) is 2.28. The Balaban J connectivity index is 1.98. The van der Waals surface area contributed by atoms with E-state index in [1.807, 2.05) is 36.4 Å². The number of aromatic nitrogens is 2. The maximum absolute atomic E-state index is 12.5. The van der Waals surface area contributed by atoms with Crippen LogP contribution in [0, 0.1) is 11.3 Å². The van der Waals surface area contributed by atoms with Gasteiger partial charge < -0.3 is 5.73 Å². The van der Waals surface area contributed by atoms with Gasteiger partial charge in [-0.15, -0.1) is 11.3 Å². The van der Waals surface area contributed by atoms with Crippen LogP contribution in [0.4, 0.5) is 0 Å². The third-order valence-corrected chi connectivity index (χ3v) is 4.13. The normalized spacial score (nSPS) is 11.8. The number of nitrogens with zero attached hydrogens (tertiary/aromatic N) is 3. The summed E-state index contributed by atoms with van der Waals surface area (Å²) in [5, 5.41) is 11.8. The molecule has 23 heavy (non-hydrogen) atoms. The number of nitriles is 1. The second-order valence-corrected chi connectivity index (χ2v) is 5.62. The van der Waals surface area contributed by atoms with Crippen molar-refractivity contribution in [2.45, 2.75) is 5.92 Å². The molecule has 0 aliphatic carbocycles. The first kappa shape index (κ1) is 14.8. The summed E-state index contributed by atoms with van der Waals surface area (Å²) in [6.45, 7) is 0. The SMILES string of the molecule is N#CC(C(=O)c1csc(C(N)=O)n1)c1ccc2ccccc2n1. The molecule has 1 unspecified atom stereocenters. The number of hydrogen-bond donors (Lipinski definition) is 1. The number of nitrogens with two attached hydrogens (primary N) is 1. The van der Waals surface area contributed by atoms with Gasteiger partial charge in [-0.1, -0.05) is 24.3 Å². The lowest BCUT2D eigenvalue weighted by Crippen LogP contribution is -2.15. The molecule has 0 spiro atoms. The van der Waals surface area contributed by atoms with Crippen LogP contribution in [-0.2, 0) is 0 Å². The molecule has 0 saturated carbocycles. The van der Waals surface area contributed by atoms with Gasteiger partial charge in [0.05, 0.1) is 17.3 Å². The van der Waals surface area contributed by atoms with Crippen LogP contribution < -0.4 is 5.73 Å². The number of ketones is 1. The first-order chi connectivity index (χ1) is 11.1. The van der Waals surface area contributed by atoms with Crippen LogP contribution in [0.3, 0.4) is 0 Å². The summed E-state index contributed by atoms with van der Waals surface area (Å²) in [6, 6.07) is 12.8. The van der Waals surface area contributed by atoms with E-state index in [2.05, 4.69) is 9.97 Å². The van der Waals surface area contributed by atoms with E-state index in [1.54, 1.807) is 6.07 Å². The van der Waals surface area contributed by atoms with E-state index in [-0.39, 0.29) is 10.7 Å². The highest BCUT2D eigenvalue weighted by Crippen LogP contribution is 2.22. The van der Waals surface area contributed by atoms with Crippen molar-refractivity contribution < 1.29 is 9.59 Å². The highest BCUT2D eigenvalue weighted by Gasteiger charge is 2.26. The summed E-state index contributed by atoms with van der Waals surface area (Å²) in [5.74, 6) is -2.28. The maximum Gasteiger partial charge on any atom is 0.277 e. The summed E-state index contributed by atoms with van der Waals surface area (Å²) in [6.07, 6.45) is 0. The Labute approximate surface area is 135 Å². The van der Waals surface area contributed by atoms with Crippen LogP contribution in [0.15, 0.2) is 41.8 Å². The van der Waals surface area contributed by atoms with Crippen molar-refractivity contribution in [3.63, 3.8) is 0 Å². The van der Waals surface area contributed by atoms with Gasteiger partial charge in [0, 0.05) is 10.8 Å². The van der Waals surface area contributed by atoms with Gasteiger partial charge in [0.15, 0.2) is 10.9 Å². The predicted molar refractivity (Wildman–Crippen MR) is 85.1 cm³/mol. The minimum atomic E-state index is -1.08. The van der Waals surface area contributed by atoms with E-state index in [4.69, 9.17) is 5.73 Å². The molecule has 2 aromatic heterocycles. The number of thiazole rings is 1. The van der Waals surface area contributed by atoms with Gasteiger partial charge in [-0.2, -0.15) is 5.26 Å². The monoisotopic (exact) mass is 322 g/mol. The van der Waals surface area contributed by atoms with Gasteiger partial charge in [0.25, 0.3) is 5.91 Å². The molecule has 0 aliphatic rings. The molecular formula is C16H10N4O2S. The summed E-state index contributed by atoms with van der Waals surface area (Å²) in [4.78, 5) is 31.8. The largest absolute Gasteiger partial charge is 0.364 e. The van der Waals surface area contributed by atoms with Gasteiger partial charge in [-0.3, -0.25) is 14.6 Å². The molecule has 3 rings (SSSR count). The molecule has 1 atom stereocenters. The Kier molecular flexibility index (Phi) is 3.83. The summed E-state index contributed by atoms with van der Waals surface area (Å²) in [5.41, 5.74) is 6.23. The van der Waals surface area contributed by atoms with Crippen LogP contribution in [-0.4, -0.2) is 21.7 Å². The van der Waals surface area contributed by atoms with Crippen molar-refractivity contribution in [3.05, 3.63) is 58.2 Å². The number of benzene rings is 1. The fraction of sp³-hybridized carbons (Fsp3) is 0.0625. The highest BCUT2D eigenvalue weighted by atomic mass is 32.1. The number of amides is 1. The second-order valence-electron chi connectivity index (χ2n) is 4.76. The first-order valence-electron chi connectivity index (χ1n) is 6.65. The number of para-hydroxylation sites is 1. The molecule has 0 fully saturated rings. The summed E-state index contributed by atoms with van der Waals surface area (Å²) < 4.78 is 0. The fourth-order valence-corrected chi connectivity index (χ4v) is 2.81. The average molecular weight is 322 g/mol. The molecule has 6 nitrogen and oxygen atoms in total. The average Bonchev–Trinajstić information content (AvgIpc) is 3.05. The first-order valence-corrected chi connectivity index (χ1v) is 7.53. The molecular weight excluding hydrogens is 312 g/mol. The number of carbonyl (C=O) groups is 2. The number of hydrogen-bond acceptors (Lipinski definition) is 6. The van der Waals surface area contributed by atoms with Gasteiger partial charge in [-0.25, -0.2) is 4.98 Å². The number of primary amides is 1. The van der Waals surface area contributed by atoms with Gasteiger partial charge in [0.2, 0.25) is 5.78 Å². The Bertz CT molecular complexity index is 958. The lowest BCUT2D eigenvalue weighted by molar-refractivity contribution is 0.0973. The van der Waals surface area contributed by atoms with Crippen LogP contribution in [0.5, 0.6) is 0 Å². The quantitative estimate of drug-likeness (QED) is 0.741. The molecule has 2 N–H and O–H groups in total. The number of Topliss-reactive ketones (excluding diaryl/α,β-unsaturated/α-hetero) is 1. The van der Waals surface area contributed by atoms with Crippen molar-refractivity contribution >= 4 is 33.9 Å². The van der Waals surface area contributed by atoms with E-state index in [0.29, 0.717) is 11.2 Å². The zero-order chi connectivity index (χ0) is 16.4. The molecule has 0 radical (unpaired) electrons. The number of fused-ring (bicyclic) bond motifs is 1. The number of carbonyl (C=O) groups excluding carboxylic acids is 2. The summed E-state index contributed by atoms with van der Waals surface area (Å²) >= 11 is 0.975. The van der Waals surface area contributed by atoms with Gasteiger partial charge in [0.1, 0.15) is 5.69 Å². The molecule has 3 aromatic rings. The highest BCUT2D eigenvalue weighted by molar-refractivity contribution is 7.11. The van der Waals surface area contributed by atoms with Crippen molar-refractivity contribution in [2.24, 2.45) is 5.73 Å². The van der Waals surface area contributed by atoms with Gasteiger partial charge in [-0.05, 0) is 12.1 Å². The molecule has 0 saturated heterocycles. The van der Waals surface area contributed by atoms with Gasteiger partial charge >= 0.3 is 0 Å². The Hall–Kier alpha value is -3.11. The third kappa shape index (κ3) is 2.80. The zero-order valence-electron chi connectivity index (χ0n) is 11.8. The maximum atomic E-state index is 12.5. The summed E-state index contributed by atoms with van der Waals surface area (Å²) in [7, 11) is 0. The molecule has 112 valence electrons. The Morgan fingerprint density at radius 1 is 1.17 bits per heavy atom. The standard InChI is InChI=1S/C16H10N4O2S/c17-7-10(14(21)13-8-23-16(20-13)15(18)22)12-6-5-9-3-1-2-4-11(9)19-12/h1-6,8,10H,(H2,18,22). The van der Waals surface area contributed by atoms with E-state index in [9.17, 15) is 14.9 Å². The minimum Gasteiger partial charge on any atom is -0.364 e. The molecule has 0 bridgehead atoms. The lowest BCUT2D eigenvalue weighted by Gasteiger charge is -2.07. The van der Waals surface area contributed by atoms with Crippen LogP contribution in [0.2, 0.25) is 0 Å².